The van der Waals surface area contributed by atoms with E-state index in [1.807, 2.05) is 18.3 Å². The number of hydrogen-bond acceptors (Lipinski definition) is 3. The van der Waals surface area contributed by atoms with Gasteiger partial charge in [-0.2, -0.15) is 0 Å². The van der Waals surface area contributed by atoms with E-state index in [1.165, 1.54) is 0 Å². The molecule has 1 aliphatic rings. The minimum absolute atomic E-state index is 0.309. The summed E-state index contributed by atoms with van der Waals surface area (Å²) in [4.78, 5) is 6.63. The van der Waals surface area contributed by atoms with Gasteiger partial charge >= 0.3 is 0 Å². The average Bonchev–Trinajstić information content (AvgIpc) is 2.76. The van der Waals surface area contributed by atoms with Gasteiger partial charge in [-0.3, -0.25) is 0 Å². The van der Waals surface area contributed by atoms with Crippen molar-refractivity contribution in [2.45, 2.75) is 12.5 Å². The molecule has 0 radical (unpaired) electrons. The maximum atomic E-state index is 5.63. The Hall–Kier alpha value is -0.870. The van der Waals surface area contributed by atoms with Gasteiger partial charge in [-0.15, -0.1) is 6.58 Å². The molecule has 0 aromatic carbocycles. The van der Waals surface area contributed by atoms with E-state index in [0.29, 0.717) is 12.7 Å². The predicted octanol–water partition coefficient (Wildman–Crippen LogP) is 2.63. The zero-order valence-electron chi connectivity index (χ0n) is 9.10. The molecular weight excluding hydrogens is 268 g/mol. The third-order valence-corrected chi connectivity index (χ3v) is 3.10. The van der Waals surface area contributed by atoms with Crippen molar-refractivity contribution in [2.24, 2.45) is 0 Å². The van der Waals surface area contributed by atoms with Crippen LogP contribution in [0, 0.1) is 0 Å². The quantitative estimate of drug-likeness (QED) is 0.794. The molecule has 1 aliphatic heterocycles. The number of anilines is 1. The Morgan fingerprint density at radius 1 is 1.62 bits per heavy atom. The van der Waals surface area contributed by atoms with Gasteiger partial charge in [0.2, 0.25) is 0 Å². The smallest absolute Gasteiger partial charge is 0.128 e. The number of pyridine rings is 1. The lowest BCUT2D eigenvalue weighted by molar-refractivity contribution is 0.0909. The van der Waals surface area contributed by atoms with Gasteiger partial charge in [-0.05, 0) is 34.5 Å². The zero-order chi connectivity index (χ0) is 11.4. The highest BCUT2D eigenvalue weighted by Crippen LogP contribution is 2.21. The lowest BCUT2D eigenvalue weighted by Crippen LogP contribution is -2.23. The molecule has 2 rings (SSSR count). The maximum Gasteiger partial charge on any atom is 0.128 e. The Morgan fingerprint density at radius 2 is 2.50 bits per heavy atom. The van der Waals surface area contributed by atoms with Gasteiger partial charge in [0, 0.05) is 23.8 Å². The van der Waals surface area contributed by atoms with Gasteiger partial charge in [0.15, 0.2) is 0 Å². The second-order valence-electron chi connectivity index (χ2n) is 3.81. The monoisotopic (exact) mass is 282 g/mol. The fourth-order valence-electron chi connectivity index (χ4n) is 1.83. The van der Waals surface area contributed by atoms with Crippen LogP contribution in [-0.2, 0) is 4.74 Å². The summed E-state index contributed by atoms with van der Waals surface area (Å²) in [6.07, 6.45) is 4.99. The van der Waals surface area contributed by atoms with E-state index in [4.69, 9.17) is 4.74 Å². The van der Waals surface area contributed by atoms with Crippen LogP contribution >= 0.6 is 15.9 Å². The van der Waals surface area contributed by atoms with Gasteiger partial charge in [-0.25, -0.2) is 4.98 Å². The lowest BCUT2D eigenvalue weighted by Gasteiger charge is -2.17. The molecule has 1 aromatic rings. The van der Waals surface area contributed by atoms with Crippen molar-refractivity contribution in [2.75, 3.05) is 24.6 Å². The van der Waals surface area contributed by atoms with Gasteiger partial charge in [0.1, 0.15) is 5.82 Å². The van der Waals surface area contributed by atoms with Crippen LogP contribution in [0.5, 0.6) is 0 Å². The molecule has 0 spiro atoms. The van der Waals surface area contributed by atoms with Crippen LogP contribution < -0.4 is 4.90 Å². The summed E-state index contributed by atoms with van der Waals surface area (Å²) in [6, 6.07) is 4.04. The molecule has 1 aromatic heterocycles. The highest BCUT2D eigenvalue weighted by molar-refractivity contribution is 9.10. The average molecular weight is 283 g/mol. The summed E-state index contributed by atoms with van der Waals surface area (Å²) in [6.45, 7) is 6.21. The number of aromatic nitrogens is 1. The predicted molar refractivity (Wildman–Crippen MR) is 68.7 cm³/mol. The Kier molecular flexibility index (Phi) is 3.96. The van der Waals surface area contributed by atoms with Crippen LogP contribution in [0.15, 0.2) is 35.5 Å². The first-order valence-electron chi connectivity index (χ1n) is 5.38. The fourth-order valence-corrected chi connectivity index (χ4v) is 2.07. The fraction of sp³-hybridized carbons (Fsp3) is 0.417. The van der Waals surface area contributed by atoms with Crippen LogP contribution in [0.3, 0.4) is 0 Å². The molecule has 0 bridgehead atoms. The third-order valence-electron chi connectivity index (χ3n) is 2.63. The number of halogens is 1. The largest absolute Gasteiger partial charge is 0.372 e. The molecule has 1 saturated heterocycles. The topological polar surface area (TPSA) is 25.4 Å². The van der Waals surface area contributed by atoms with E-state index >= 15 is 0 Å². The van der Waals surface area contributed by atoms with Gasteiger partial charge in [-0.1, -0.05) is 6.08 Å². The second-order valence-corrected chi connectivity index (χ2v) is 4.73. The molecule has 1 atom stereocenters. The summed E-state index contributed by atoms with van der Waals surface area (Å²) in [5, 5.41) is 0. The van der Waals surface area contributed by atoms with Gasteiger partial charge in [0.05, 0.1) is 12.7 Å². The van der Waals surface area contributed by atoms with Gasteiger partial charge < -0.3 is 9.64 Å². The van der Waals surface area contributed by atoms with Gasteiger partial charge in [0.25, 0.3) is 0 Å². The van der Waals surface area contributed by atoms with Crippen molar-refractivity contribution < 1.29 is 4.74 Å². The molecule has 16 heavy (non-hydrogen) atoms. The van der Waals surface area contributed by atoms with Crippen LogP contribution in [0.1, 0.15) is 6.42 Å². The van der Waals surface area contributed by atoms with Crippen LogP contribution in [0.25, 0.3) is 0 Å². The van der Waals surface area contributed by atoms with Crippen molar-refractivity contribution in [3.8, 4) is 0 Å². The number of hydrogen-bond donors (Lipinski definition) is 0. The molecule has 0 amide bonds. The molecule has 2 heterocycles. The summed E-state index contributed by atoms with van der Waals surface area (Å²) < 4.78 is 6.64. The van der Waals surface area contributed by atoms with E-state index < -0.39 is 0 Å². The first-order chi connectivity index (χ1) is 7.79. The van der Waals surface area contributed by atoms with Crippen molar-refractivity contribution >= 4 is 21.7 Å². The van der Waals surface area contributed by atoms with Crippen molar-refractivity contribution in [3.05, 3.63) is 35.5 Å². The number of nitrogens with zero attached hydrogens (tertiary/aromatic N) is 2. The lowest BCUT2D eigenvalue weighted by atomic mass is 10.3. The highest BCUT2D eigenvalue weighted by atomic mass is 79.9. The van der Waals surface area contributed by atoms with Crippen molar-refractivity contribution in [1.29, 1.82) is 0 Å². The van der Waals surface area contributed by atoms with E-state index in [2.05, 4.69) is 32.4 Å². The van der Waals surface area contributed by atoms with E-state index in [0.717, 1.165) is 29.8 Å². The molecular formula is C12H15BrN2O. The highest BCUT2D eigenvalue weighted by Gasteiger charge is 2.23. The first kappa shape index (κ1) is 11.6. The standard InChI is InChI=1S/C12H15BrN2O/c1-2-7-16-11-5-6-15(9-11)12-4-3-10(13)8-14-12/h2-4,8,11H,1,5-7,9H2. The second kappa shape index (κ2) is 5.46. The normalized spacial score (nSPS) is 20.1. The van der Waals surface area contributed by atoms with E-state index in [1.54, 1.807) is 6.08 Å². The summed E-state index contributed by atoms with van der Waals surface area (Å²) in [5.74, 6) is 1.02. The molecule has 0 N–H and O–H groups in total. The number of ether oxygens (including phenoxy) is 1. The number of rotatable bonds is 4. The minimum Gasteiger partial charge on any atom is -0.372 e. The Labute approximate surface area is 104 Å². The SMILES string of the molecule is C=CCOC1CCN(c2ccc(Br)cn2)C1. The summed E-state index contributed by atoms with van der Waals surface area (Å²) in [7, 11) is 0. The molecule has 4 heteroatoms. The van der Waals surface area contributed by atoms with Crippen molar-refractivity contribution in [3.63, 3.8) is 0 Å². The Bertz CT molecular complexity index is 353. The molecule has 1 fully saturated rings. The molecule has 0 aliphatic carbocycles. The van der Waals surface area contributed by atoms with Crippen molar-refractivity contribution in [1.82, 2.24) is 4.98 Å². The van der Waals surface area contributed by atoms with Crippen LogP contribution in [-0.4, -0.2) is 30.8 Å². The van der Waals surface area contributed by atoms with E-state index in [-0.39, 0.29) is 0 Å². The van der Waals surface area contributed by atoms with E-state index in [9.17, 15) is 0 Å². The Morgan fingerprint density at radius 3 is 3.19 bits per heavy atom. The Balaban J connectivity index is 1.92. The first-order valence-corrected chi connectivity index (χ1v) is 6.18. The summed E-state index contributed by atoms with van der Waals surface area (Å²) in [5.41, 5.74) is 0. The molecule has 1 unspecified atom stereocenters. The maximum absolute atomic E-state index is 5.63. The molecule has 3 nitrogen and oxygen atoms in total. The summed E-state index contributed by atoms with van der Waals surface area (Å²) >= 11 is 3.38. The molecule has 86 valence electrons. The third kappa shape index (κ3) is 2.83. The molecule has 0 saturated carbocycles. The zero-order valence-corrected chi connectivity index (χ0v) is 10.7. The van der Waals surface area contributed by atoms with Crippen LogP contribution in [0.2, 0.25) is 0 Å². The van der Waals surface area contributed by atoms with Crippen LogP contribution in [0.4, 0.5) is 5.82 Å². The minimum atomic E-state index is 0.309.